The molecule has 1 aromatic carbocycles. The van der Waals surface area contributed by atoms with Gasteiger partial charge in [0.1, 0.15) is 0 Å². The van der Waals surface area contributed by atoms with Gasteiger partial charge in [-0.25, -0.2) is 4.79 Å². The maximum atomic E-state index is 11.3. The molecule has 1 N–H and O–H groups in total. The highest BCUT2D eigenvalue weighted by molar-refractivity contribution is 9.10. The third-order valence-corrected chi connectivity index (χ3v) is 3.28. The number of esters is 1. The van der Waals surface area contributed by atoms with Crippen LogP contribution in [0.15, 0.2) is 41.0 Å². The van der Waals surface area contributed by atoms with Gasteiger partial charge in [0.2, 0.25) is 0 Å². The van der Waals surface area contributed by atoms with Crippen molar-refractivity contribution in [1.82, 2.24) is 4.98 Å². The Hall–Kier alpha value is -1.55. The Kier molecular flexibility index (Phi) is 3.33. The number of aromatic amines is 1. The number of ether oxygens (including phenoxy) is 1. The van der Waals surface area contributed by atoms with Crippen LogP contribution in [0, 0.1) is 0 Å². The molecule has 0 aliphatic carbocycles. The number of carbonyl (C=O) groups excluding carboxylic acids is 1. The molecular formula is C13H12BrNO2. The molecule has 0 atom stereocenters. The van der Waals surface area contributed by atoms with Crippen LogP contribution in [0.5, 0.6) is 0 Å². The topological polar surface area (TPSA) is 42.1 Å². The number of halogens is 1. The molecule has 1 aromatic heterocycles. The molecule has 0 spiro atoms. The van der Waals surface area contributed by atoms with Gasteiger partial charge in [0.05, 0.1) is 7.11 Å². The third-order valence-electron chi connectivity index (χ3n) is 2.61. The van der Waals surface area contributed by atoms with Crippen LogP contribution in [0.25, 0.3) is 10.9 Å². The van der Waals surface area contributed by atoms with Crippen LogP contribution in [0.3, 0.4) is 0 Å². The predicted molar refractivity (Wildman–Crippen MR) is 70.9 cm³/mol. The number of aromatic nitrogens is 1. The maximum Gasteiger partial charge on any atom is 0.333 e. The zero-order valence-electron chi connectivity index (χ0n) is 9.42. The van der Waals surface area contributed by atoms with Gasteiger partial charge in [-0.15, -0.1) is 0 Å². The van der Waals surface area contributed by atoms with E-state index in [-0.39, 0.29) is 5.97 Å². The molecular weight excluding hydrogens is 282 g/mol. The van der Waals surface area contributed by atoms with E-state index in [1.54, 1.807) is 0 Å². The van der Waals surface area contributed by atoms with E-state index in [9.17, 15) is 4.79 Å². The van der Waals surface area contributed by atoms with E-state index in [1.165, 1.54) is 7.11 Å². The lowest BCUT2D eigenvalue weighted by molar-refractivity contribution is -0.136. The van der Waals surface area contributed by atoms with Crippen LogP contribution in [-0.2, 0) is 16.0 Å². The van der Waals surface area contributed by atoms with E-state index in [0.717, 1.165) is 20.9 Å². The molecule has 0 bridgehead atoms. The van der Waals surface area contributed by atoms with Crippen molar-refractivity contribution in [3.63, 3.8) is 0 Å². The van der Waals surface area contributed by atoms with Crippen molar-refractivity contribution in [1.29, 1.82) is 0 Å². The smallest absolute Gasteiger partial charge is 0.333 e. The molecule has 0 aliphatic heterocycles. The Morgan fingerprint density at radius 1 is 1.53 bits per heavy atom. The van der Waals surface area contributed by atoms with E-state index < -0.39 is 0 Å². The average molecular weight is 294 g/mol. The Balaban J connectivity index is 2.37. The first kappa shape index (κ1) is 11.9. The summed E-state index contributed by atoms with van der Waals surface area (Å²) in [6.07, 6.45) is 2.37. The standard InChI is InChI=1S/C13H12BrNO2/c1-8(13(16)17-2)6-9-7-15-11-5-3-4-10(14)12(9)11/h3-5,7,15H,1,6H2,2H3. The highest BCUT2D eigenvalue weighted by Gasteiger charge is 2.12. The van der Waals surface area contributed by atoms with Gasteiger partial charge in [0.25, 0.3) is 0 Å². The second-order valence-electron chi connectivity index (χ2n) is 3.75. The lowest BCUT2D eigenvalue weighted by Gasteiger charge is -2.03. The second-order valence-corrected chi connectivity index (χ2v) is 4.60. The fourth-order valence-electron chi connectivity index (χ4n) is 1.79. The van der Waals surface area contributed by atoms with Gasteiger partial charge < -0.3 is 9.72 Å². The van der Waals surface area contributed by atoms with E-state index in [1.807, 2.05) is 24.4 Å². The van der Waals surface area contributed by atoms with Crippen molar-refractivity contribution in [3.05, 3.63) is 46.6 Å². The van der Waals surface area contributed by atoms with Crippen molar-refractivity contribution in [2.45, 2.75) is 6.42 Å². The number of rotatable bonds is 3. The van der Waals surface area contributed by atoms with Crippen molar-refractivity contribution in [2.24, 2.45) is 0 Å². The van der Waals surface area contributed by atoms with Crippen molar-refractivity contribution in [3.8, 4) is 0 Å². The quantitative estimate of drug-likeness (QED) is 0.697. The Morgan fingerprint density at radius 2 is 2.29 bits per heavy atom. The number of hydrogen-bond donors (Lipinski definition) is 1. The fourth-order valence-corrected chi connectivity index (χ4v) is 2.41. The zero-order chi connectivity index (χ0) is 12.4. The van der Waals surface area contributed by atoms with Crippen molar-refractivity contribution < 1.29 is 9.53 Å². The van der Waals surface area contributed by atoms with Crippen LogP contribution >= 0.6 is 15.9 Å². The first-order valence-electron chi connectivity index (χ1n) is 5.14. The highest BCUT2D eigenvalue weighted by Crippen LogP contribution is 2.28. The summed E-state index contributed by atoms with van der Waals surface area (Å²) in [5.41, 5.74) is 2.51. The second kappa shape index (κ2) is 4.75. The number of benzene rings is 1. The maximum absolute atomic E-state index is 11.3. The molecule has 88 valence electrons. The van der Waals surface area contributed by atoms with Crippen LogP contribution < -0.4 is 0 Å². The average Bonchev–Trinajstić information content (AvgIpc) is 2.72. The minimum absolute atomic E-state index is 0.369. The largest absolute Gasteiger partial charge is 0.466 e. The van der Waals surface area contributed by atoms with Gasteiger partial charge in [-0.2, -0.15) is 0 Å². The number of H-pyrrole nitrogens is 1. The predicted octanol–water partition coefficient (Wildman–Crippen LogP) is 3.20. The monoisotopic (exact) mass is 293 g/mol. The third kappa shape index (κ3) is 2.26. The minimum atomic E-state index is -0.369. The summed E-state index contributed by atoms with van der Waals surface area (Å²) in [5.74, 6) is -0.369. The van der Waals surface area contributed by atoms with E-state index in [0.29, 0.717) is 12.0 Å². The summed E-state index contributed by atoms with van der Waals surface area (Å²) in [6, 6.07) is 5.92. The summed E-state index contributed by atoms with van der Waals surface area (Å²) in [4.78, 5) is 14.5. The molecule has 3 nitrogen and oxygen atoms in total. The Bertz CT molecular complexity index is 586. The van der Waals surface area contributed by atoms with Crippen LogP contribution in [0.1, 0.15) is 5.56 Å². The van der Waals surface area contributed by atoms with Gasteiger partial charge in [0.15, 0.2) is 0 Å². The summed E-state index contributed by atoms with van der Waals surface area (Å²) < 4.78 is 5.65. The molecule has 0 radical (unpaired) electrons. The van der Waals surface area contributed by atoms with Gasteiger partial charge in [-0.05, 0) is 17.7 Å². The summed E-state index contributed by atoms with van der Waals surface area (Å²) in [6.45, 7) is 3.73. The lowest BCUT2D eigenvalue weighted by atomic mass is 10.1. The molecule has 0 saturated heterocycles. The number of carbonyl (C=O) groups is 1. The first-order chi connectivity index (χ1) is 8.13. The van der Waals surface area contributed by atoms with Gasteiger partial charge in [-0.1, -0.05) is 28.6 Å². The van der Waals surface area contributed by atoms with Gasteiger partial charge >= 0.3 is 5.97 Å². The number of fused-ring (bicyclic) bond motifs is 1. The summed E-state index contributed by atoms with van der Waals surface area (Å²) in [7, 11) is 1.36. The molecule has 2 rings (SSSR count). The highest BCUT2D eigenvalue weighted by atomic mass is 79.9. The van der Waals surface area contributed by atoms with Crippen LogP contribution in [-0.4, -0.2) is 18.1 Å². The Labute approximate surface area is 108 Å². The normalized spacial score (nSPS) is 10.5. The number of hydrogen-bond acceptors (Lipinski definition) is 2. The fraction of sp³-hybridized carbons (Fsp3) is 0.154. The zero-order valence-corrected chi connectivity index (χ0v) is 11.0. The van der Waals surface area contributed by atoms with E-state index in [2.05, 4.69) is 32.2 Å². The lowest BCUT2D eigenvalue weighted by Crippen LogP contribution is -2.05. The SMILES string of the molecule is C=C(Cc1c[nH]c2cccc(Br)c12)C(=O)OC. The summed E-state index contributed by atoms with van der Waals surface area (Å²) in [5, 5.41) is 1.08. The van der Waals surface area contributed by atoms with E-state index >= 15 is 0 Å². The van der Waals surface area contributed by atoms with Crippen molar-refractivity contribution in [2.75, 3.05) is 7.11 Å². The molecule has 1 heterocycles. The molecule has 0 amide bonds. The minimum Gasteiger partial charge on any atom is -0.466 e. The molecule has 0 unspecified atom stereocenters. The van der Waals surface area contributed by atoms with Crippen LogP contribution in [0.2, 0.25) is 0 Å². The summed E-state index contributed by atoms with van der Waals surface area (Å²) >= 11 is 3.51. The first-order valence-corrected chi connectivity index (χ1v) is 5.93. The number of methoxy groups -OCH3 is 1. The van der Waals surface area contributed by atoms with Gasteiger partial charge in [-0.3, -0.25) is 0 Å². The molecule has 0 aliphatic rings. The molecule has 2 aromatic rings. The molecule has 0 fully saturated rings. The number of nitrogens with one attached hydrogen (secondary N) is 1. The van der Waals surface area contributed by atoms with Crippen LogP contribution in [0.4, 0.5) is 0 Å². The molecule has 4 heteroatoms. The molecule has 0 saturated carbocycles. The molecule has 17 heavy (non-hydrogen) atoms. The van der Waals surface area contributed by atoms with Crippen molar-refractivity contribution >= 4 is 32.8 Å². The Morgan fingerprint density at radius 3 is 3.00 bits per heavy atom. The van der Waals surface area contributed by atoms with E-state index in [4.69, 9.17) is 0 Å². The van der Waals surface area contributed by atoms with Gasteiger partial charge in [0, 0.05) is 33.6 Å².